The SMILES string of the molecule is CC(C)(C)OC(=O)CNC(=O)c1ccc(S(=O)(=O)N2CCC(c3ccc(OCCNCCNC(=O)CCCCCCCCC=O)cc3)CC2)cc1. The van der Waals surface area contributed by atoms with Crippen LogP contribution in [0.25, 0.3) is 0 Å². The van der Waals surface area contributed by atoms with Gasteiger partial charge in [-0.25, -0.2) is 8.42 Å². The van der Waals surface area contributed by atoms with Crippen LogP contribution in [0.1, 0.15) is 107 Å². The molecule has 0 bridgehead atoms. The molecular weight excluding hydrogens is 673 g/mol. The lowest BCUT2D eigenvalue weighted by molar-refractivity contribution is -0.153. The molecule has 3 N–H and O–H groups in total. The number of carbonyl (C=O) groups excluding carboxylic acids is 4. The van der Waals surface area contributed by atoms with Crippen molar-refractivity contribution in [2.24, 2.45) is 0 Å². The molecule has 1 fully saturated rings. The summed E-state index contributed by atoms with van der Waals surface area (Å²) in [5.74, 6) is 0.0284. The molecule has 0 radical (unpaired) electrons. The Kier molecular flexibility index (Phi) is 17.6. The van der Waals surface area contributed by atoms with E-state index in [0.717, 1.165) is 56.1 Å². The summed E-state index contributed by atoms with van der Waals surface area (Å²) < 4.78 is 39.2. The van der Waals surface area contributed by atoms with Gasteiger partial charge in [0.05, 0.1) is 4.90 Å². The minimum Gasteiger partial charge on any atom is -0.492 e. The zero-order chi connectivity index (χ0) is 37.1. The Balaban J connectivity index is 1.29. The third-order valence-corrected chi connectivity index (χ3v) is 10.4. The number of unbranched alkanes of at least 4 members (excludes halogenated alkanes) is 6. The molecule has 282 valence electrons. The summed E-state index contributed by atoms with van der Waals surface area (Å²) in [4.78, 5) is 46.7. The summed E-state index contributed by atoms with van der Waals surface area (Å²) in [6.45, 7) is 8.10. The molecule has 2 amide bonds. The van der Waals surface area contributed by atoms with E-state index in [1.807, 2.05) is 24.3 Å². The number of hydrogen-bond acceptors (Lipinski definition) is 9. The maximum absolute atomic E-state index is 13.3. The number of benzene rings is 2. The third kappa shape index (κ3) is 15.5. The molecule has 3 rings (SSSR count). The van der Waals surface area contributed by atoms with Crippen LogP contribution < -0.4 is 20.7 Å². The van der Waals surface area contributed by atoms with Crippen molar-refractivity contribution in [2.75, 3.05) is 45.9 Å². The second-order valence-electron chi connectivity index (χ2n) is 13.8. The van der Waals surface area contributed by atoms with E-state index < -0.39 is 27.5 Å². The first-order valence-corrected chi connectivity index (χ1v) is 19.6. The minimum absolute atomic E-state index is 0.0777. The number of rotatable bonds is 22. The fraction of sp³-hybridized carbons (Fsp3) is 0.579. The van der Waals surface area contributed by atoms with Gasteiger partial charge in [-0.15, -0.1) is 0 Å². The van der Waals surface area contributed by atoms with Crippen LogP contribution in [-0.4, -0.2) is 88.3 Å². The second-order valence-corrected chi connectivity index (χ2v) is 15.8. The average molecular weight is 729 g/mol. The fourth-order valence-corrected chi connectivity index (χ4v) is 7.26. The van der Waals surface area contributed by atoms with Gasteiger partial charge in [0.1, 0.15) is 30.8 Å². The first-order valence-electron chi connectivity index (χ1n) is 18.1. The second kappa shape index (κ2) is 21.5. The van der Waals surface area contributed by atoms with Crippen LogP contribution in [-0.2, 0) is 29.1 Å². The summed E-state index contributed by atoms with van der Waals surface area (Å²) in [5, 5.41) is 8.71. The van der Waals surface area contributed by atoms with Crippen molar-refractivity contribution in [3.63, 3.8) is 0 Å². The molecule has 13 heteroatoms. The number of esters is 1. The van der Waals surface area contributed by atoms with Crippen LogP contribution in [0.5, 0.6) is 5.75 Å². The summed E-state index contributed by atoms with van der Waals surface area (Å²) in [7, 11) is -3.72. The van der Waals surface area contributed by atoms with Gasteiger partial charge in [-0.1, -0.05) is 37.8 Å². The van der Waals surface area contributed by atoms with Crippen molar-refractivity contribution >= 4 is 34.1 Å². The van der Waals surface area contributed by atoms with Crippen LogP contribution >= 0.6 is 0 Å². The van der Waals surface area contributed by atoms with Gasteiger partial charge in [0.15, 0.2) is 0 Å². The fourth-order valence-electron chi connectivity index (χ4n) is 5.79. The minimum atomic E-state index is -3.72. The van der Waals surface area contributed by atoms with E-state index in [-0.39, 0.29) is 28.8 Å². The molecule has 0 saturated carbocycles. The highest BCUT2D eigenvalue weighted by Crippen LogP contribution is 2.31. The molecule has 1 saturated heterocycles. The van der Waals surface area contributed by atoms with Crippen LogP contribution in [0.3, 0.4) is 0 Å². The lowest BCUT2D eigenvalue weighted by Gasteiger charge is -2.31. The molecular formula is C38H56N4O8S. The zero-order valence-electron chi connectivity index (χ0n) is 30.4. The number of nitrogens with zero attached hydrogens (tertiary/aromatic N) is 1. The first-order chi connectivity index (χ1) is 24.4. The normalized spacial score (nSPS) is 14.1. The highest BCUT2D eigenvalue weighted by molar-refractivity contribution is 7.89. The topological polar surface area (TPSA) is 160 Å². The molecule has 0 aliphatic carbocycles. The monoisotopic (exact) mass is 728 g/mol. The van der Waals surface area contributed by atoms with Gasteiger partial charge in [-0.3, -0.25) is 14.4 Å². The molecule has 0 atom stereocenters. The predicted molar refractivity (Wildman–Crippen MR) is 196 cm³/mol. The summed E-state index contributed by atoms with van der Waals surface area (Å²) in [6, 6.07) is 13.7. The van der Waals surface area contributed by atoms with Crippen molar-refractivity contribution in [3.8, 4) is 5.75 Å². The van der Waals surface area contributed by atoms with Crippen LogP contribution in [0.15, 0.2) is 53.4 Å². The Morgan fingerprint density at radius 1 is 0.843 bits per heavy atom. The van der Waals surface area contributed by atoms with E-state index in [1.165, 1.54) is 28.6 Å². The quantitative estimate of drug-likeness (QED) is 0.0885. The van der Waals surface area contributed by atoms with Gasteiger partial charge in [0.2, 0.25) is 15.9 Å². The molecule has 0 aromatic heterocycles. The molecule has 1 heterocycles. The number of sulfonamides is 1. The molecule has 1 aliphatic rings. The summed E-state index contributed by atoms with van der Waals surface area (Å²) in [6.07, 6.45) is 9.72. The third-order valence-electron chi connectivity index (χ3n) is 8.52. The van der Waals surface area contributed by atoms with Crippen molar-refractivity contribution in [1.29, 1.82) is 0 Å². The Labute approximate surface area is 303 Å². The van der Waals surface area contributed by atoms with E-state index in [0.29, 0.717) is 65.0 Å². The predicted octanol–water partition coefficient (Wildman–Crippen LogP) is 4.73. The maximum Gasteiger partial charge on any atom is 0.325 e. The maximum atomic E-state index is 13.3. The molecule has 12 nitrogen and oxygen atoms in total. The Bertz CT molecular complexity index is 1480. The molecule has 0 unspecified atom stereocenters. The number of piperidine rings is 1. The smallest absolute Gasteiger partial charge is 0.325 e. The number of nitrogens with one attached hydrogen (secondary N) is 3. The van der Waals surface area contributed by atoms with Gasteiger partial charge in [-0.05, 0) is 94.3 Å². The highest BCUT2D eigenvalue weighted by Gasteiger charge is 2.30. The van der Waals surface area contributed by atoms with E-state index >= 15 is 0 Å². The number of aldehydes is 1. The zero-order valence-corrected chi connectivity index (χ0v) is 31.2. The van der Waals surface area contributed by atoms with Gasteiger partial charge in [0, 0.05) is 51.1 Å². The molecule has 2 aromatic carbocycles. The van der Waals surface area contributed by atoms with Crippen molar-refractivity contribution in [3.05, 3.63) is 59.7 Å². The van der Waals surface area contributed by atoms with Crippen molar-refractivity contribution in [2.45, 2.75) is 101 Å². The Hall–Kier alpha value is -3.81. The lowest BCUT2D eigenvalue weighted by atomic mass is 9.90. The van der Waals surface area contributed by atoms with E-state index in [9.17, 15) is 27.6 Å². The number of ether oxygens (including phenoxy) is 2. The Morgan fingerprint density at radius 2 is 1.49 bits per heavy atom. The summed E-state index contributed by atoms with van der Waals surface area (Å²) in [5.41, 5.74) is 0.735. The van der Waals surface area contributed by atoms with Crippen molar-refractivity contribution in [1.82, 2.24) is 20.3 Å². The first kappa shape index (κ1) is 41.6. The van der Waals surface area contributed by atoms with E-state index in [1.54, 1.807) is 20.8 Å². The molecule has 1 aliphatic heterocycles. The molecule has 2 aromatic rings. The van der Waals surface area contributed by atoms with Crippen LogP contribution in [0.4, 0.5) is 0 Å². The number of carbonyl (C=O) groups is 4. The molecule has 0 spiro atoms. The Morgan fingerprint density at radius 3 is 2.14 bits per heavy atom. The highest BCUT2D eigenvalue weighted by atomic mass is 32.2. The average Bonchev–Trinajstić information content (AvgIpc) is 3.11. The van der Waals surface area contributed by atoms with E-state index in [2.05, 4.69) is 16.0 Å². The lowest BCUT2D eigenvalue weighted by Crippen LogP contribution is -2.38. The largest absolute Gasteiger partial charge is 0.492 e. The number of hydrogen-bond donors (Lipinski definition) is 3. The van der Waals surface area contributed by atoms with Gasteiger partial charge < -0.3 is 30.2 Å². The molecule has 51 heavy (non-hydrogen) atoms. The van der Waals surface area contributed by atoms with Crippen molar-refractivity contribution < 1.29 is 37.1 Å². The van der Waals surface area contributed by atoms with Gasteiger partial charge in [0.25, 0.3) is 5.91 Å². The van der Waals surface area contributed by atoms with Crippen LogP contribution in [0, 0.1) is 0 Å². The van der Waals surface area contributed by atoms with Gasteiger partial charge >= 0.3 is 5.97 Å². The standard InChI is InChI=1S/C38H56N4O8S/c1-38(2,3)50-36(45)29-41-37(46)32-14-18-34(19-15-32)51(47,48)42-25-20-31(21-26-42)30-12-16-33(17-13-30)49-28-24-39-22-23-40-35(44)11-9-7-5-4-6-8-10-27-43/h12-19,27,31,39H,4-11,20-26,28-29H2,1-3H3,(H,40,44)(H,41,46). The van der Waals surface area contributed by atoms with Gasteiger partial charge in [-0.2, -0.15) is 4.31 Å². The van der Waals surface area contributed by atoms with Crippen LogP contribution in [0.2, 0.25) is 0 Å². The summed E-state index contributed by atoms with van der Waals surface area (Å²) >= 11 is 0. The number of amides is 2. The van der Waals surface area contributed by atoms with E-state index in [4.69, 9.17) is 9.47 Å².